The van der Waals surface area contributed by atoms with Crippen LogP contribution in [-0.4, -0.2) is 12.4 Å². The standard InChI is InChI=1S/C13H18O2/c1-4-8-15-12-7-5-6-11(9-12)13(14)10(2)3/h5-7,9-10H,4,8H2,1-3H3. The first-order chi connectivity index (χ1) is 7.15. The molecule has 0 unspecified atom stereocenters. The number of rotatable bonds is 5. The minimum absolute atomic E-state index is 0.0337. The number of Topliss-reactive ketones (excluding diaryl/α,β-unsaturated/α-hetero) is 1. The van der Waals surface area contributed by atoms with Crippen LogP contribution in [-0.2, 0) is 0 Å². The maximum Gasteiger partial charge on any atom is 0.165 e. The minimum Gasteiger partial charge on any atom is -0.494 e. The molecule has 2 heteroatoms. The van der Waals surface area contributed by atoms with E-state index in [1.165, 1.54) is 0 Å². The van der Waals surface area contributed by atoms with E-state index in [0.29, 0.717) is 6.61 Å². The van der Waals surface area contributed by atoms with Crippen molar-refractivity contribution in [1.29, 1.82) is 0 Å². The molecule has 0 heterocycles. The number of carbonyl (C=O) groups excluding carboxylic acids is 1. The van der Waals surface area contributed by atoms with Gasteiger partial charge in [0.15, 0.2) is 5.78 Å². The van der Waals surface area contributed by atoms with Crippen molar-refractivity contribution in [2.45, 2.75) is 27.2 Å². The summed E-state index contributed by atoms with van der Waals surface area (Å²) >= 11 is 0. The van der Waals surface area contributed by atoms with E-state index in [1.54, 1.807) is 0 Å². The molecule has 0 aliphatic carbocycles. The molecule has 0 fully saturated rings. The lowest BCUT2D eigenvalue weighted by Crippen LogP contribution is -2.07. The highest BCUT2D eigenvalue weighted by atomic mass is 16.5. The highest BCUT2D eigenvalue weighted by Gasteiger charge is 2.10. The van der Waals surface area contributed by atoms with Gasteiger partial charge in [-0.3, -0.25) is 4.79 Å². The third-order valence-electron chi connectivity index (χ3n) is 2.12. The van der Waals surface area contributed by atoms with Crippen molar-refractivity contribution in [3.8, 4) is 5.75 Å². The molecule has 1 rings (SSSR count). The highest BCUT2D eigenvalue weighted by Crippen LogP contribution is 2.16. The summed E-state index contributed by atoms with van der Waals surface area (Å²) in [7, 11) is 0. The van der Waals surface area contributed by atoms with Crippen molar-refractivity contribution in [2.75, 3.05) is 6.61 Å². The van der Waals surface area contributed by atoms with Gasteiger partial charge in [0, 0.05) is 11.5 Å². The Hall–Kier alpha value is -1.31. The van der Waals surface area contributed by atoms with Gasteiger partial charge in [-0.25, -0.2) is 0 Å². The first-order valence-corrected chi connectivity index (χ1v) is 5.42. The predicted octanol–water partition coefficient (Wildman–Crippen LogP) is 3.31. The van der Waals surface area contributed by atoms with Crippen LogP contribution in [0.2, 0.25) is 0 Å². The second-order valence-corrected chi connectivity index (χ2v) is 3.90. The molecule has 0 aliphatic rings. The van der Waals surface area contributed by atoms with Crippen molar-refractivity contribution in [3.63, 3.8) is 0 Å². The fourth-order valence-electron chi connectivity index (χ4n) is 1.29. The van der Waals surface area contributed by atoms with Crippen molar-refractivity contribution in [1.82, 2.24) is 0 Å². The van der Waals surface area contributed by atoms with Gasteiger partial charge in [0.05, 0.1) is 6.61 Å². The van der Waals surface area contributed by atoms with Crippen molar-refractivity contribution in [2.24, 2.45) is 5.92 Å². The summed E-state index contributed by atoms with van der Waals surface area (Å²) in [6.45, 7) is 6.56. The van der Waals surface area contributed by atoms with Gasteiger partial charge in [0.25, 0.3) is 0 Å². The zero-order valence-corrected chi connectivity index (χ0v) is 9.62. The number of benzene rings is 1. The minimum atomic E-state index is 0.0337. The summed E-state index contributed by atoms with van der Waals surface area (Å²) in [6.07, 6.45) is 0.975. The van der Waals surface area contributed by atoms with Gasteiger partial charge < -0.3 is 4.74 Å². The summed E-state index contributed by atoms with van der Waals surface area (Å²) < 4.78 is 5.47. The second kappa shape index (κ2) is 5.54. The Kier molecular flexibility index (Phi) is 4.35. The molecular formula is C13H18O2. The van der Waals surface area contributed by atoms with E-state index in [2.05, 4.69) is 6.92 Å². The molecule has 0 saturated carbocycles. The van der Waals surface area contributed by atoms with Crippen LogP contribution in [0.3, 0.4) is 0 Å². The molecule has 0 saturated heterocycles. The van der Waals surface area contributed by atoms with Crippen LogP contribution in [0.15, 0.2) is 24.3 Å². The first-order valence-electron chi connectivity index (χ1n) is 5.42. The maximum atomic E-state index is 11.7. The number of ketones is 1. The van der Waals surface area contributed by atoms with Crippen LogP contribution in [0, 0.1) is 5.92 Å². The van der Waals surface area contributed by atoms with Crippen LogP contribution in [0.25, 0.3) is 0 Å². The SMILES string of the molecule is CCCOc1cccc(C(=O)C(C)C)c1. The lowest BCUT2D eigenvalue weighted by Gasteiger charge is -2.07. The lowest BCUT2D eigenvalue weighted by atomic mass is 10.0. The van der Waals surface area contributed by atoms with Gasteiger partial charge in [-0.05, 0) is 18.6 Å². The summed E-state index contributed by atoms with van der Waals surface area (Å²) in [5.74, 6) is 0.978. The topological polar surface area (TPSA) is 26.3 Å². The van der Waals surface area contributed by atoms with E-state index in [-0.39, 0.29) is 11.7 Å². The largest absolute Gasteiger partial charge is 0.494 e. The van der Waals surface area contributed by atoms with E-state index in [0.717, 1.165) is 17.7 Å². The zero-order valence-electron chi connectivity index (χ0n) is 9.62. The summed E-state index contributed by atoms with van der Waals surface area (Å²) in [6, 6.07) is 7.40. The van der Waals surface area contributed by atoms with Gasteiger partial charge in [-0.1, -0.05) is 32.9 Å². The average molecular weight is 206 g/mol. The van der Waals surface area contributed by atoms with Gasteiger partial charge in [0.2, 0.25) is 0 Å². The molecule has 0 aromatic heterocycles. The Morgan fingerprint density at radius 2 is 2.13 bits per heavy atom. The van der Waals surface area contributed by atoms with Crippen molar-refractivity contribution in [3.05, 3.63) is 29.8 Å². The van der Waals surface area contributed by atoms with Gasteiger partial charge in [-0.15, -0.1) is 0 Å². The lowest BCUT2D eigenvalue weighted by molar-refractivity contribution is 0.0939. The molecule has 15 heavy (non-hydrogen) atoms. The molecule has 1 aromatic rings. The quantitative estimate of drug-likeness (QED) is 0.691. The average Bonchev–Trinajstić information content (AvgIpc) is 2.25. The zero-order chi connectivity index (χ0) is 11.3. The van der Waals surface area contributed by atoms with E-state index in [1.807, 2.05) is 38.1 Å². The van der Waals surface area contributed by atoms with E-state index in [9.17, 15) is 4.79 Å². The molecule has 0 atom stereocenters. The molecule has 82 valence electrons. The Morgan fingerprint density at radius 1 is 1.40 bits per heavy atom. The van der Waals surface area contributed by atoms with E-state index < -0.39 is 0 Å². The van der Waals surface area contributed by atoms with E-state index >= 15 is 0 Å². The molecular weight excluding hydrogens is 188 g/mol. The maximum absolute atomic E-state index is 11.7. The van der Waals surface area contributed by atoms with Crippen LogP contribution >= 0.6 is 0 Å². The van der Waals surface area contributed by atoms with Gasteiger partial charge in [0.1, 0.15) is 5.75 Å². The van der Waals surface area contributed by atoms with Crippen molar-refractivity contribution < 1.29 is 9.53 Å². The van der Waals surface area contributed by atoms with Crippen LogP contribution in [0.5, 0.6) is 5.75 Å². The molecule has 0 radical (unpaired) electrons. The Bertz CT molecular complexity index is 329. The summed E-state index contributed by atoms with van der Waals surface area (Å²) in [4.78, 5) is 11.7. The third-order valence-corrected chi connectivity index (χ3v) is 2.12. The molecule has 0 aliphatic heterocycles. The molecule has 2 nitrogen and oxygen atoms in total. The summed E-state index contributed by atoms with van der Waals surface area (Å²) in [5, 5.41) is 0. The van der Waals surface area contributed by atoms with Crippen LogP contribution in [0.1, 0.15) is 37.6 Å². The molecule has 0 amide bonds. The number of hydrogen-bond donors (Lipinski definition) is 0. The van der Waals surface area contributed by atoms with Crippen LogP contribution in [0.4, 0.5) is 0 Å². The third kappa shape index (κ3) is 3.39. The first kappa shape index (κ1) is 11.8. The number of ether oxygens (including phenoxy) is 1. The fourth-order valence-corrected chi connectivity index (χ4v) is 1.29. The molecule has 0 spiro atoms. The van der Waals surface area contributed by atoms with E-state index in [4.69, 9.17) is 4.74 Å². The predicted molar refractivity (Wildman–Crippen MR) is 61.4 cm³/mol. The Morgan fingerprint density at radius 3 is 2.73 bits per heavy atom. The Balaban J connectivity index is 2.78. The monoisotopic (exact) mass is 206 g/mol. The van der Waals surface area contributed by atoms with Crippen molar-refractivity contribution >= 4 is 5.78 Å². The fraction of sp³-hybridized carbons (Fsp3) is 0.462. The number of hydrogen-bond acceptors (Lipinski definition) is 2. The normalized spacial score (nSPS) is 10.4. The molecule has 0 bridgehead atoms. The molecule has 0 N–H and O–H groups in total. The molecule has 1 aromatic carbocycles. The van der Waals surface area contributed by atoms with Crippen LogP contribution < -0.4 is 4.74 Å². The van der Waals surface area contributed by atoms with Gasteiger partial charge in [-0.2, -0.15) is 0 Å². The van der Waals surface area contributed by atoms with Gasteiger partial charge >= 0.3 is 0 Å². The smallest absolute Gasteiger partial charge is 0.165 e. The summed E-state index contributed by atoms with van der Waals surface area (Å²) in [5.41, 5.74) is 0.735. The highest BCUT2D eigenvalue weighted by molar-refractivity contribution is 5.97. The second-order valence-electron chi connectivity index (χ2n) is 3.90. The Labute approximate surface area is 91.3 Å². The number of carbonyl (C=O) groups is 1.